The molecule has 0 aliphatic heterocycles. The zero-order valence-electron chi connectivity index (χ0n) is 10.9. The average Bonchev–Trinajstić information content (AvgIpc) is 2.41. The van der Waals surface area contributed by atoms with Crippen molar-refractivity contribution in [2.24, 2.45) is 5.73 Å². The van der Waals surface area contributed by atoms with Crippen molar-refractivity contribution in [1.29, 1.82) is 0 Å². The first kappa shape index (κ1) is 14.8. The van der Waals surface area contributed by atoms with Crippen LogP contribution in [-0.2, 0) is 6.54 Å². The highest BCUT2D eigenvalue weighted by atomic mass is 35.5. The number of hydrogen-bond donors (Lipinski definition) is 1. The summed E-state index contributed by atoms with van der Waals surface area (Å²) in [6.07, 6.45) is 0. The van der Waals surface area contributed by atoms with Crippen LogP contribution in [0.15, 0.2) is 42.5 Å². The first-order chi connectivity index (χ1) is 9.47. The fourth-order valence-electron chi connectivity index (χ4n) is 1.99. The van der Waals surface area contributed by atoms with E-state index in [0.717, 1.165) is 11.3 Å². The molecule has 2 N–H and O–H groups in total. The van der Waals surface area contributed by atoms with Crippen LogP contribution in [0.4, 0.5) is 10.1 Å². The first-order valence-electron chi connectivity index (χ1n) is 6.02. The first-order valence-corrected chi connectivity index (χ1v) is 6.81. The Balaban J connectivity index is 2.27. The normalized spacial score (nSPS) is 10.3. The number of thiocarbonyl (C=S) groups is 1. The highest BCUT2D eigenvalue weighted by Gasteiger charge is 2.11. The number of halogens is 2. The third-order valence-corrected chi connectivity index (χ3v) is 3.44. The Morgan fingerprint density at radius 2 is 1.90 bits per heavy atom. The second-order valence-electron chi connectivity index (χ2n) is 4.51. The van der Waals surface area contributed by atoms with Gasteiger partial charge in [0.15, 0.2) is 0 Å². The van der Waals surface area contributed by atoms with Gasteiger partial charge in [0, 0.05) is 29.9 Å². The maximum atomic E-state index is 13.3. The Bertz CT molecular complexity index is 628. The minimum Gasteiger partial charge on any atom is -0.389 e. The molecule has 20 heavy (non-hydrogen) atoms. The summed E-state index contributed by atoms with van der Waals surface area (Å²) in [4.78, 5) is 2.15. The summed E-state index contributed by atoms with van der Waals surface area (Å²) >= 11 is 10.8. The minimum absolute atomic E-state index is 0.183. The van der Waals surface area contributed by atoms with E-state index in [-0.39, 0.29) is 10.8 Å². The number of hydrogen-bond acceptors (Lipinski definition) is 2. The van der Waals surface area contributed by atoms with Crippen LogP contribution in [0.25, 0.3) is 0 Å². The lowest BCUT2D eigenvalue weighted by Crippen LogP contribution is -2.21. The van der Waals surface area contributed by atoms with E-state index in [1.165, 1.54) is 12.1 Å². The second kappa shape index (κ2) is 6.20. The summed E-state index contributed by atoms with van der Waals surface area (Å²) in [5.74, 6) is -0.351. The smallest absolute Gasteiger partial charge is 0.124 e. The predicted molar refractivity (Wildman–Crippen MR) is 85.8 cm³/mol. The highest BCUT2D eigenvalue weighted by Crippen LogP contribution is 2.22. The molecule has 0 aromatic heterocycles. The molecule has 5 heteroatoms. The van der Waals surface area contributed by atoms with Crippen molar-refractivity contribution in [3.05, 3.63) is 64.4 Å². The molecule has 0 fully saturated rings. The number of nitrogens with two attached hydrogens (primary N) is 1. The van der Waals surface area contributed by atoms with Gasteiger partial charge in [0.2, 0.25) is 0 Å². The van der Waals surface area contributed by atoms with Gasteiger partial charge >= 0.3 is 0 Å². The molecule has 0 bridgehead atoms. The Kier molecular flexibility index (Phi) is 4.57. The Labute approximate surface area is 128 Å². The Morgan fingerprint density at radius 1 is 1.25 bits per heavy atom. The minimum atomic E-state index is -0.351. The van der Waals surface area contributed by atoms with Crippen LogP contribution in [0, 0.1) is 5.82 Å². The summed E-state index contributed by atoms with van der Waals surface area (Å²) in [5, 5.41) is 0.696. The molecule has 0 spiro atoms. The van der Waals surface area contributed by atoms with E-state index in [2.05, 4.69) is 0 Å². The standard InChI is InChI=1S/C15H14ClFN2S/c1-19(9-10-2-4-11(16)5-3-10)14-7-6-12(17)8-13(14)15(18)20/h2-8H,9H2,1H3,(H2,18,20). The van der Waals surface area contributed by atoms with Gasteiger partial charge in [-0.3, -0.25) is 0 Å². The lowest BCUT2D eigenvalue weighted by atomic mass is 10.1. The van der Waals surface area contributed by atoms with Gasteiger partial charge in [0.25, 0.3) is 0 Å². The van der Waals surface area contributed by atoms with E-state index in [1.54, 1.807) is 6.07 Å². The van der Waals surface area contributed by atoms with Crippen LogP contribution in [0.3, 0.4) is 0 Å². The maximum Gasteiger partial charge on any atom is 0.124 e. The fourth-order valence-corrected chi connectivity index (χ4v) is 2.28. The largest absolute Gasteiger partial charge is 0.389 e. The zero-order chi connectivity index (χ0) is 14.7. The SMILES string of the molecule is CN(Cc1ccc(Cl)cc1)c1ccc(F)cc1C(N)=S. The molecular formula is C15H14ClFN2S. The van der Waals surface area contributed by atoms with Crippen molar-refractivity contribution in [2.45, 2.75) is 6.54 Å². The van der Waals surface area contributed by atoms with E-state index in [9.17, 15) is 4.39 Å². The maximum absolute atomic E-state index is 13.3. The van der Waals surface area contributed by atoms with Crippen molar-refractivity contribution in [3.8, 4) is 0 Å². The molecule has 2 nitrogen and oxygen atoms in total. The molecule has 0 amide bonds. The van der Waals surface area contributed by atoms with Crippen molar-refractivity contribution in [1.82, 2.24) is 0 Å². The summed E-state index contributed by atoms with van der Waals surface area (Å²) < 4.78 is 13.3. The summed E-state index contributed by atoms with van der Waals surface area (Å²) in [6, 6.07) is 12.0. The summed E-state index contributed by atoms with van der Waals surface area (Å²) in [6.45, 7) is 0.651. The Morgan fingerprint density at radius 3 is 2.50 bits per heavy atom. The molecule has 2 aromatic rings. The van der Waals surface area contributed by atoms with E-state index in [4.69, 9.17) is 29.6 Å². The topological polar surface area (TPSA) is 29.3 Å². The molecule has 2 aromatic carbocycles. The van der Waals surface area contributed by atoms with E-state index in [1.807, 2.05) is 36.2 Å². The van der Waals surface area contributed by atoms with Gasteiger partial charge in [-0.05, 0) is 35.9 Å². The van der Waals surface area contributed by atoms with E-state index in [0.29, 0.717) is 17.1 Å². The van der Waals surface area contributed by atoms with Crippen molar-refractivity contribution in [2.75, 3.05) is 11.9 Å². The highest BCUT2D eigenvalue weighted by molar-refractivity contribution is 7.80. The molecule has 0 unspecified atom stereocenters. The van der Waals surface area contributed by atoms with Gasteiger partial charge < -0.3 is 10.6 Å². The van der Waals surface area contributed by atoms with Gasteiger partial charge in [-0.15, -0.1) is 0 Å². The Hall–Kier alpha value is -1.65. The molecule has 0 saturated carbocycles. The van der Waals surface area contributed by atoms with Gasteiger partial charge in [0.1, 0.15) is 10.8 Å². The van der Waals surface area contributed by atoms with Gasteiger partial charge in [-0.1, -0.05) is 36.0 Å². The zero-order valence-corrected chi connectivity index (χ0v) is 12.5. The molecule has 0 aliphatic rings. The number of anilines is 1. The third-order valence-electron chi connectivity index (χ3n) is 2.97. The molecule has 2 rings (SSSR count). The molecule has 104 valence electrons. The third kappa shape index (κ3) is 3.46. The quantitative estimate of drug-likeness (QED) is 0.872. The van der Waals surface area contributed by atoms with Crippen molar-refractivity contribution in [3.63, 3.8) is 0 Å². The number of benzene rings is 2. The van der Waals surface area contributed by atoms with Gasteiger partial charge in [-0.2, -0.15) is 0 Å². The van der Waals surface area contributed by atoms with Gasteiger partial charge in [-0.25, -0.2) is 4.39 Å². The number of rotatable bonds is 4. The fraction of sp³-hybridized carbons (Fsp3) is 0.133. The average molecular weight is 309 g/mol. The lowest BCUT2D eigenvalue weighted by molar-refractivity contribution is 0.627. The number of nitrogens with zero attached hydrogens (tertiary/aromatic N) is 1. The van der Waals surface area contributed by atoms with Gasteiger partial charge in [0.05, 0.1) is 0 Å². The van der Waals surface area contributed by atoms with Crippen LogP contribution < -0.4 is 10.6 Å². The lowest BCUT2D eigenvalue weighted by Gasteiger charge is -2.22. The van der Waals surface area contributed by atoms with Crippen molar-refractivity contribution >= 4 is 34.5 Å². The van der Waals surface area contributed by atoms with Crippen LogP contribution >= 0.6 is 23.8 Å². The van der Waals surface area contributed by atoms with Crippen LogP contribution in [-0.4, -0.2) is 12.0 Å². The van der Waals surface area contributed by atoms with Crippen molar-refractivity contribution < 1.29 is 4.39 Å². The second-order valence-corrected chi connectivity index (χ2v) is 5.38. The molecule has 0 radical (unpaired) electrons. The van der Waals surface area contributed by atoms with E-state index < -0.39 is 0 Å². The predicted octanol–water partition coefficient (Wildman–Crippen LogP) is 3.75. The molecule has 0 heterocycles. The van der Waals surface area contributed by atoms with E-state index >= 15 is 0 Å². The van der Waals surface area contributed by atoms with Crippen LogP contribution in [0.1, 0.15) is 11.1 Å². The molecule has 0 aliphatic carbocycles. The molecule has 0 atom stereocenters. The van der Waals surface area contributed by atoms with Crippen LogP contribution in [0.5, 0.6) is 0 Å². The summed E-state index contributed by atoms with van der Waals surface area (Å²) in [5.41, 5.74) is 8.09. The van der Waals surface area contributed by atoms with Crippen LogP contribution in [0.2, 0.25) is 5.02 Å². The summed E-state index contributed by atoms with van der Waals surface area (Å²) in [7, 11) is 1.91. The monoisotopic (exact) mass is 308 g/mol. The molecule has 0 saturated heterocycles. The molecular weight excluding hydrogens is 295 g/mol.